The van der Waals surface area contributed by atoms with Gasteiger partial charge in [0.25, 0.3) is 0 Å². The molecule has 1 amide bonds. The van der Waals surface area contributed by atoms with Crippen molar-refractivity contribution in [3.8, 4) is 21.9 Å². The summed E-state index contributed by atoms with van der Waals surface area (Å²) in [5.74, 6) is 0.722. The fourth-order valence-corrected chi connectivity index (χ4v) is 3.86. The number of rotatable bonds is 6. The van der Waals surface area contributed by atoms with Crippen molar-refractivity contribution in [1.29, 1.82) is 0 Å². The van der Waals surface area contributed by atoms with Gasteiger partial charge in [0.1, 0.15) is 0 Å². The molecule has 0 spiro atoms. The van der Waals surface area contributed by atoms with Gasteiger partial charge in [0.15, 0.2) is 5.76 Å². The Kier molecular flexibility index (Phi) is 4.85. The summed E-state index contributed by atoms with van der Waals surface area (Å²) in [6.45, 7) is 4.18. The maximum absolute atomic E-state index is 12.1. The third-order valence-electron chi connectivity index (χ3n) is 4.41. The number of thiophene rings is 1. The Labute approximate surface area is 154 Å². The molecule has 1 aliphatic rings. The highest BCUT2D eigenvalue weighted by Crippen LogP contribution is 2.34. The monoisotopic (exact) mass is 372 g/mol. The first-order valence-electron chi connectivity index (χ1n) is 8.61. The highest BCUT2D eigenvalue weighted by Gasteiger charge is 2.23. The third kappa shape index (κ3) is 3.42. The predicted octanol–water partition coefficient (Wildman–Crippen LogP) is 2.73. The molecule has 0 bridgehead atoms. The Morgan fingerprint density at radius 2 is 2.42 bits per heavy atom. The number of carbonyl (C=O) groups is 1. The van der Waals surface area contributed by atoms with Crippen LogP contribution in [0.3, 0.4) is 0 Å². The van der Waals surface area contributed by atoms with Gasteiger partial charge >= 0.3 is 0 Å². The first-order chi connectivity index (χ1) is 12.7. The average molecular weight is 372 g/mol. The lowest BCUT2D eigenvalue weighted by Gasteiger charge is -2.11. The topological polar surface area (TPSA) is 82.2 Å². The summed E-state index contributed by atoms with van der Waals surface area (Å²) >= 11 is 1.64. The zero-order valence-electron chi connectivity index (χ0n) is 14.5. The van der Waals surface area contributed by atoms with E-state index in [1.165, 1.54) is 0 Å². The van der Waals surface area contributed by atoms with Gasteiger partial charge in [0.2, 0.25) is 5.91 Å². The van der Waals surface area contributed by atoms with Crippen molar-refractivity contribution in [2.24, 2.45) is 5.92 Å². The van der Waals surface area contributed by atoms with Crippen LogP contribution in [0.2, 0.25) is 0 Å². The molecule has 0 aliphatic carbocycles. The minimum absolute atomic E-state index is 0.0304. The van der Waals surface area contributed by atoms with Crippen LogP contribution in [-0.4, -0.2) is 40.6 Å². The van der Waals surface area contributed by atoms with Crippen LogP contribution in [0, 0.1) is 12.8 Å². The Bertz CT molecular complexity index is 878. The lowest BCUT2D eigenvalue weighted by atomic mass is 10.1. The molecular formula is C18H20N4O3S. The third-order valence-corrected chi connectivity index (χ3v) is 5.29. The van der Waals surface area contributed by atoms with Crippen molar-refractivity contribution in [3.05, 3.63) is 35.5 Å². The van der Waals surface area contributed by atoms with Crippen LogP contribution in [-0.2, 0) is 16.1 Å². The largest absolute Gasteiger partial charge is 0.381 e. The minimum Gasteiger partial charge on any atom is -0.381 e. The van der Waals surface area contributed by atoms with Gasteiger partial charge in [0.05, 0.1) is 47.1 Å². The van der Waals surface area contributed by atoms with Gasteiger partial charge in [-0.15, -0.1) is 11.3 Å². The van der Waals surface area contributed by atoms with E-state index in [-0.39, 0.29) is 11.8 Å². The number of carbonyl (C=O) groups excluding carboxylic acids is 1. The number of hydrogen-bond donors (Lipinski definition) is 1. The Morgan fingerprint density at radius 3 is 3.12 bits per heavy atom. The molecule has 1 atom stereocenters. The van der Waals surface area contributed by atoms with Crippen LogP contribution < -0.4 is 5.32 Å². The summed E-state index contributed by atoms with van der Waals surface area (Å²) in [4.78, 5) is 13.2. The normalized spacial score (nSPS) is 16.9. The van der Waals surface area contributed by atoms with E-state index in [1.54, 1.807) is 17.5 Å². The first kappa shape index (κ1) is 17.0. The summed E-state index contributed by atoms with van der Waals surface area (Å²) in [6.07, 6.45) is 2.59. The van der Waals surface area contributed by atoms with Crippen LogP contribution >= 0.6 is 11.3 Å². The van der Waals surface area contributed by atoms with Gasteiger partial charge in [-0.2, -0.15) is 5.10 Å². The molecule has 0 aromatic carbocycles. The summed E-state index contributed by atoms with van der Waals surface area (Å²) in [5, 5.41) is 13.5. The quantitative estimate of drug-likeness (QED) is 0.719. The Morgan fingerprint density at radius 1 is 1.50 bits per heavy atom. The van der Waals surface area contributed by atoms with Crippen molar-refractivity contribution >= 4 is 17.2 Å². The molecule has 1 saturated heterocycles. The summed E-state index contributed by atoms with van der Waals surface area (Å²) in [6, 6.07) is 5.97. The predicted molar refractivity (Wildman–Crippen MR) is 97.7 cm³/mol. The number of aromatic nitrogens is 3. The Hall–Kier alpha value is -2.45. The molecule has 3 aromatic rings. The van der Waals surface area contributed by atoms with E-state index in [1.807, 2.05) is 29.1 Å². The number of nitrogens with zero attached hydrogens (tertiary/aromatic N) is 3. The van der Waals surface area contributed by atoms with E-state index in [2.05, 4.69) is 21.6 Å². The molecule has 0 radical (unpaired) electrons. The second kappa shape index (κ2) is 7.43. The highest BCUT2D eigenvalue weighted by atomic mass is 32.1. The number of nitrogens with one attached hydrogen (secondary N) is 1. The second-order valence-corrected chi connectivity index (χ2v) is 7.24. The molecular weight excluding hydrogens is 352 g/mol. The van der Waals surface area contributed by atoms with E-state index in [4.69, 9.17) is 9.26 Å². The first-order valence-corrected chi connectivity index (χ1v) is 9.49. The van der Waals surface area contributed by atoms with E-state index in [9.17, 15) is 4.79 Å². The summed E-state index contributed by atoms with van der Waals surface area (Å²) in [7, 11) is 0. The molecule has 7 nitrogen and oxygen atoms in total. The van der Waals surface area contributed by atoms with Gasteiger partial charge in [0, 0.05) is 19.2 Å². The van der Waals surface area contributed by atoms with Gasteiger partial charge < -0.3 is 14.6 Å². The fraction of sp³-hybridized carbons (Fsp3) is 0.389. The summed E-state index contributed by atoms with van der Waals surface area (Å²) < 4.78 is 12.6. The lowest BCUT2D eigenvalue weighted by molar-refractivity contribution is -0.124. The molecule has 136 valence electrons. The highest BCUT2D eigenvalue weighted by molar-refractivity contribution is 7.13. The number of hydrogen-bond acceptors (Lipinski definition) is 6. The van der Waals surface area contributed by atoms with Crippen molar-refractivity contribution in [2.45, 2.75) is 19.9 Å². The summed E-state index contributed by atoms with van der Waals surface area (Å²) in [5.41, 5.74) is 2.72. The van der Waals surface area contributed by atoms with E-state index in [0.29, 0.717) is 32.1 Å². The second-order valence-electron chi connectivity index (χ2n) is 6.29. The van der Waals surface area contributed by atoms with Gasteiger partial charge in [-0.3, -0.25) is 9.48 Å². The van der Waals surface area contributed by atoms with Crippen LogP contribution in [0.4, 0.5) is 0 Å². The number of aryl methyl sites for hydroxylation is 1. The van der Waals surface area contributed by atoms with Gasteiger partial charge in [-0.1, -0.05) is 11.2 Å². The molecule has 3 aromatic heterocycles. The molecule has 0 unspecified atom stereocenters. The molecule has 4 rings (SSSR count). The van der Waals surface area contributed by atoms with Crippen molar-refractivity contribution in [3.63, 3.8) is 0 Å². The van der Waals surface area contributed by atoms with Crippen LogP contribution in [0.1, 0.15) is 12.1 Å². The van der Waals surface area contributed by atoms with E-state index >= 15 is 0 Å². The minimum atomic E-state index is -0.0304. The molecule has 8 heteroatoms. The van der Waals surface area contributed by atoms with Crippen molar-refractivity contribution in [1.82, 2.24) is 20.3 Å². The standard InChI is InChI=1S/C18H20N4O3S/c1-12-9-15(25-21-12)14-10-20-22(17(14)16-3-2-8-26-16)6-5-19-18(23)13-4-7-24-11-13/h2-3,8-10,13H,4-7,11H2,1H3,(H,19,23)/t13-/m1/s1. The van der Waals surface area contributed by atoms with E-state index in [0.717, 1.165) is 28.2 Å². The molecule has 26 heavy (non-hydrogen) atoms. The zero-order chi connectivity index (χ0) is 17.9. The lowest BCUT2D eigenvalue weighted by Crippen LogP contribution is -2.33. The number of ether oxygens (including phenoxy) is 1. The number of amides is 1. The molecule has 0 saturated carbocycles. The van der Waals surface area contributed by atoms with Crippen LogP contribution in [0.15, 0.2) is 34.3 Å². The zero-order valence-corrected chi connectivity index (χ0v) is 15.3. The van der Waals surface area contributed by atoms with E-state index < -0.39 is 0 Å². The SMILES string of the molecule is Cc1cc(-c2cnn(CCNC(=O)[C@@H]3CCOC3)c2-c2cccs2)on1. The average Bonchev–Trinajstić information content (AvgIpc) is 3.41. The molecule has 1 fully saturated rings. The van der Waals surface area contributed by atoms with Crippen molar-refractivity contribution in [2.75, 3.05) is 19.8 Å². The Balaban J connectivity index is 1.52. The fourth-order valence-electron chi connectivity index (χ4n) is 3.07. The smallest absolute Gasteiger partial charge is 0.225 e. The molecule has 1 N–H and O–H groups in total. The van der Waals surface area contributed by atoms with Gasteiger partial charge in [-0.25, -0.2) is 0 Å². The maximum Gasteiger partial charge on any atom is 0.225 e. The molecule has 4 heterocycles. The van der Waals surface area contributed by atoms with Crippen LogP contribution in [0.5, 0.6) is 0 Å². The molecule has 1 aliphatic heterocycles. The van der Waals surface area contributed by atoms with Crippen LogP contribution in [0.25, 0.3) is 21.9 Å². The van der Waals surface area contributed by atoms with Gasteiger partial charge in [-0.05, 0) is 24.8 Å². The van der Waals surface area contributed by atoms with Crippen molar-refractivity contribution < 1.29 is 14.1 Å². The maximum atomic E-state index is 12.1.